The smallest absolute Gasteiger partial charge is 0.0363 e. The molecule has 2 aliphatic heterocycles. The van der Waals surface area contributed by atoms with E-state index in [0.717, 1.165) is 18.4 Å². The van der Waals surface area contributed by atoms with Crippen LogP contribution in [0.5, 0.6) is 0 Å². The molecule has 1 aliphatic carbocycles. The standard InChI is InChI=1S/C13H24N2/c14-10-13-7-4-8-15(13)9-11-5-2-1-3-6-12(11)13/h11-12H,1-10,14H2. The Hall–Kier alpha value is -0.0800. The molecule has 2 nitrogen and oxygen atoms in total. The topological polar surface area (TPSA) is 29.3 Å². The first-order chi connectivity index (χ1) is 7.37. The van der Waals surface area contributed by atoms with Gasteiger partial charge in [-0.25, -0.2) is 0 Å². The highest BCUT2D eigenvalue weighted by atomic mass is 15.3. The lowest BCUT2D eigenvalue weighted by molar-refractivity contribution is 0.148. The van der Waals surface area contributed by atoms with E-state index >= 15 is 0 Å². The average Bonchev–Trinajstić information content (AvgIpc) is 2.67. The Balaban J connectivity index is 1.87. The lowest BCUT2D eigenvalue weighted by atomic mass is 9.76. The Labute approximate surface area is 93.2 Å². The zero-order valence-electron chi connectivity index (χ0n) is 9.75. The van der Waals surface area contributed by atoms with Crippen LogP contribution in [0.4, 0.5) is 0 Å². The highest BCUT2D eigenvalue weighted by molar-refractivity contribution is 5.09. The molecule has 0 aromatic rings. The molecule has 2 saturated heterocycles. The number of hydrogen-bond donors (Lipinski definition) is 1. The van der Waals surface area contributed by atoms with Gasteiger partial charge in [0.05, 0.1) is 0 Å². The lowest BCUT2D eigenvalue weighted by Crippen LogP contribution is -2.49. The summed E-state index contributed by atoms with van der Waals surface area (Å²) < 4.78 is 0. The summed E-state index contributed by atoms with van der Waals surface area (Å²) in [6.45, 7) is 3.60. The van der Waals surface area contributed by atoms with E-state index in [1.807, 2.05) is 0 Å². The van der Waals surface area contributed by atoms with E-state index in [1.54, 1.807) is 0 Å². The van der Waals surface area contributed by atoms with Crippen LogP contribution in [0.3, 0.4) is 0 Å². The first-order valence-corrected chi connectivity index (χ1v) is 6.82. The van der Waals surface area contributed by atoms with Crippen molar-refractivity contribution in [3.05, 3.63) is 0 Å². The molecule has 2 N–H and O–H groups in total. The van der Waals surface area contributed by atoms with Crippen molar-refractivity contribution in [1.82, 2.24) is 4.90 Å². The molecular weight excluding hydrogens is 184 g/mol. The fourth-order valence-corrected chi connectivity index (χ4v) is 4.63. The third-order valence-electron chi connectivity index (χ3n) is 5.33. The normalized spacial score (nSPS) is 46.2. The molecule has 86 valence electrons. The fourth-order valence-electron chi connectivity index (χ4n) is 4.63. The van der Waals surface area contributed by atoms with Crippen LogP contribution in [0.1, 0.15) is 44.9 Å². The zero-order chi connectivity index (χ0) is 10.3. The van der Waals surface area contributed by atoms with Crippen LogP contribution in [0.15, 0.2) is 0 Å². The minimum absolute atomic E-state index is 0.439. The first-order valence-electron chi connectivity index (χ1n) is 6.82. The molecule has 3 atom stereocenters. The van der Waals surface area contributed by atoms with E-state index < -0.39 is 0 Å². The van der Waals surface area contributed by atoms with Crippen molar-refractivity contribution in [2.75, 3.05) is 19.6 Å². The van der Waals surface area contributed by atoms with Gasteiger partial charge in [-0.3, -0.25) is 4.90 Å². The number of hydrogen-bond acceptors (Lipinski definition) is 2. The van der Waals surface area contributed by atoms with Crippen molar-refractivity contribution in [3.63, 3.8) is 0 Å². The zero-order valence-corrected chi connectivity index (χ0v) is 9.75. The maximum atomic E-state index is 6.13. The molecule has 3 aliphatic rings. The van der Waals surface area contributed by atoms with Crippen LogP contribution in [0.25, 0.3) is 0 Å². The molecule has 0 bridgehead atoms. The molecule has 15 heavy (non-hydrogen) atoms. The molecule has 0 amide bonds. The van der Waals surface area contributed by atoms with Gasteiger partial charge in [-0.05, 0) is 44.1 Å². The van der Waals surface area contributed by atoms with Gasteiger partial charge in [-0.2, -0.15) is 0 Å². The average molecular weight is 208 g/mol. The van der Waals surface area contributed by atoms with Crippen molar-refractivity contribution in [3.8, 4) is 0 Å². The van der Waals surface area contributed by atoms with E-state index in [-0.39, 0.29) is 0 Å². The molecule has 0 radical (unpaired) electrons. The Morgan fingerprint density at radius 1 is 1.13 bits per heavy atom. The summed E-state index contributed by atoms with van der Waals surface area (Å²) in [5.41, 5.74) is 6.57. The van der Waals surface area contributed by atoms with Gasteiger partial charge >= 0.3 is 0 Å². The van der Waals surface area contributed by atoms with Crippen LogP contribution in [0.2, 0.25) is 0 Å². The van der Waals surface area contributed by atoms with Crippen LogP contribution < -0.4 is 5.73 Å². The maximum Gasteiger partial charge on any atom is 0.0363 e. The Morgan fingerprint density at radius 3 is 2.87 bits per heavy atom. The highest BCUT2D eigenvalue weighted by Gasteiger charge is 2.54. The highest BCUT2D eigenvalue weighted by Crippen LogP contribution is 2.50. The lowest BCUT2D eigenvalue weighted by Gasteiger charge is -2.37. The number of nitrogens with zero attached hydrogens (tertiary/aromatic N) is 1. The van der Waals surface area contributed by atoms with E-state index in [2.05, 4.69) is 4.90 Å². The van der Waals surface area contributed by atoms with Gasteiger partial charge < -0.3 is 5.73 Å². The Morgan fingerprint density at radius 2 is 2.00 bits per heavy atom. The monoisotopic (exact) mass is 208 g/mol. The second-order valence-corrected chi connectivity index (χ2v) is 5.86. The van der Waals surface area contributed by atoms with Gasteiger partial charge in [0.1, 0.15) is 0 Å². The van der Waals surface area contributed by atoms with Crippen LogP contribution in [-0.2, 0) is 0 Å². The molecule has 0 aromatic heterocycles. The van der Waals surface area contributed by atoms with E-state index in [1.165, 1.54) is 58.0 Å². The van der Waals surface area contributed by atoms with Crippen molar-refractivity contribution >= 4 is 0 Å². The summed E-state index contributed by atoms with van der Waals surface area (Å²) in [5, 5.41) is 0. The SMILES string of the molecule is NCC12CCCN1CC1CCCCCC12. The third-order valence-corrected chi connectivity index (χ3v) is 5.33. The van der Waals surface area contributed by atoms with Gasteiger partial charge in [0.25, 0.3) is 0 Å². The second-order valence-electron chi connectivity index (χ2n) is 5.86. The fraction of sp³-hybridized carbons (Fsp3) is 1.00. The second kappa shape index (κ2) is 3.74. The summed E-state index contributed by atoms with van der Waals surface area (Å²) in [5.74, 6) is 1.92. The van der Waals surface area contributed by atoms with E-state index in [0.29, 0.717) is 5.54 Å². The quantitative estimate of drug-likeness (QED) is 0.714. The summed E-state index contributed by atoms with van der Waals surface area (Å²) >= 11 is 0. The Kier molecular flexibility index (Phi) is 2.52. The summed E-state index contributed by atoms with van der Waals surface area (Å²) in [7, 11) is 0. The molecule has 3 unspecified atom stereocenters. The number of rotatable bonds is 1. The molecule has 2 heteroatoms. The van der Waals surface area contributed by atoms with Gasteiger partial charge in [-0.15, -0.1) is 0 Å². The van der Waals surface area contributed by atoms with Crippen molar-refractivity contribution in [2.45, 2.75) is 50.5 Å². The van der Waals surface area contributed by atoms with Gasteiger partial charge in [0.2, 0.25) is 0 Å². The molecular formula is C13H24N2. The minimum atomic E-state index is 0.439. The van der Waals surface area contributed by atoms with Crippen molar-refractivity contribution in [2.24, 2.45) is 17.6 Å². The summed E-state index contributed by atoms with van der Waals surface area (Å²) in [6, 6.07) is 0. The van der Waals surface area contributed by atoms with Crippen molar-refractivity contribution < 1.29 is 0 Å². The summed E-state index contributed by atoms with van der Waals surface area (Å²) in [4.78, 5) is 2.74. The van der Waals surface area contributed by atoms with Gasteiger partial charge in [0.15, 0.2) is 0 Å². The maximum absolute atomic E-state index is 6.13. The molecule has 2 heterocycles. The first kappa shape index (κ1) is 10.1. The molecule has 1 saturated carbocycles. The number of nitrogens with two attached hydrogens (primary N) is 1. The van der Waals surface area contributed by atoms with Crippen LogP contribution in [0, 0.1) is 11.8 Å². The Bertz CT molecular complexity index is 241. The van der Waals surface area contributed by atoms with Crippen molar-refractivity contribution in [1.29, 1.82) is 0 Å². The molecule has 3 fully saturated rings. The van der Waals surface area contributed by atoms with Gasteiger partial charge in [-0.1, -0.05) is 19.3 Å². The van der Waals surface area contributed by atoms with Crippen LogP contribution >= 0.6 is 0 Å². The minimum Gasteiger partial charge on any atom is -0.329 e. The predicted octanol–water partition coefficient (Wildman–Crippen LogP) is 1.99. The van der Waals surface area contributed by atoms with Crippen LogP contribution in [-0.4, -0.2) is 30.1 Å². The predicted molar refractivity (Wildman–Crippen MR) is 62.7 cm³/mol. The summed E-state index contributed by atoms with van der Waals surface area (Å²) in [6.07, 6.45) is 10.1. The van der Waals surface area contributed by atoms with E-state index in [9.17, 15) is 0 Å². The third kappa shape index (κ3) is 1.38. The number of fused-ring (bicyclic) bond motifs is 3. The largest absolute Gasteiger partial charge is 0.329 e. The van der Waals surface area contributed by atoms with Gasteiger partial charge in [0, 0.05) is 18.6 Å². The van der Waals surface area contributed by atoms with E-state index in [4.69, 9.17) is 5.73 Å². The molecule has 0 spiro atoms. The molecule has 0 aromatic carbocycles. The molecule has 3 rings (SSSR count).